The molecule has 0 unspecified atom stereocenters. The van der Waals surface area contributed by atoms with E-state index in [0.717, 1.165) is 18.4 Å². The molecule has 0 atom stereocenters. The highest BCUT2D eigenvalue weighted by atomic mass is 16.1. The van der Waals surface area contributed by atoms with Crippen molar-refractivity contribution in [1.82, 2.24) is 15.0 Å². The molecule has 0 aliphatic rings. The third kappa shape index (κ3) is 2.71. The quantitative estimate of drug-likeness (QED) is 0.665. The second-order valence-corrected chi connectivity index (χ2v) is 4.70. The first-order chi connectivity index (χ1) is 9.83. The maximum absolute atomic E-state index is 11.7. The first-order valence-corrected chi connectivity index (χ1v) is 6.67. The molecule has 0 bridgehead atoms. The molecule has 0 aliphatic heterocycles. The van der Waals surface area contributed by atoms with Gasteiger partial charge in [-0.3, -0.25) is 10.1 Å². The van der Waals surface area contributed by atoms with Crippen LogP contribution in [0.5, 0.6) is 0 Å². The van der Waals surface area contributed by atoms with E-state index in [-0.39, 0.29) is 5.91 Å². The minimum absolute atomic E-state index is 0.0141. The van der Waals surface area contributed by atoms with Gasteiger partial charge in [0.1, 0.15) is 0 Å². The Kier molecular flexibility index (Phi) is 3.50. The maximum Gasteiger partial charge on any atom is 0.226 e. The number of anilines is 1. The Bertz CT molecular complexity index is 700. The molecule has 20 heavy (non-hydrogen) atoms. The lowest BCUT2D eigenvalue weighted by atomic mass is 10.1. The molecule has 102 valence electrons. The summed E-state index contributed by atoms with van der Waals surface area (Å²) in [5.74, 6) is 0.488. The normalized spacial score (nSPS) is 10.8. The maximum atomic E-state index is 11.7. The summed E-state index contributed by atoms with van der Waals surface area (Å²) in [6.07, 6.45) is 7.50. The number of benzene rings is 1. The zero-order chi connectivity index (χ0) is 13.8. The standard InChI is InChI=1S/C15H16N4O/c20-14(19-15-16-8-9-17-15)7-3-4-11-10-18-13-6-2-1-5-12(11)13/h1-2,5-6,8-10,18H,3-4,7H2,(H2,16,17,19,20). The van der Waals surface area contributed by atoms with Gasteiger partial charge in [-0.15, -0.1) is 0 Å². The van der Waals surface area contributed by atoms with Gasteiger partial charge in [0.2, 0.25) is 11.9 Å². The Hall–Kier alpha value is -2.56. The third-order valence-electron chi connectivity index (χ3n) is 3.28. The zero-order valence-corrected chi connectivity index (χ0v) is 11.0. The van der Waals surface area contributed by atoms with Gasteiger partial charge in [0, 0.05) is 35.9 Å². The highest BCUT2D eigenvalue weighted by Crippen LogP contribution is 2.19. The van der Waals surface area contributed by atoms with Crippen molar-refractivity contribution in [1.29, 1.82) is 0 Å². The predicted octanol–water partition coefficient (Wildman–Crippen LogP) is 2.85. The number of fused-ring (bicyclic) bond motifs is 1. The molecule has 5 nitrogen and oxygen atoms in total. The molecule has 0 spiro atoms. The molecule has 3 N–H and O–H groups in total. The number of rotatable bonds is 5. The molecule has 1 amide bonds. The average Bonchev–Trinajstić information content (AvgIpc) is 3.09. The molecular formula is C15H16N4O. The van der Waals surface area contributed by atoms with Crippen LogP contribution in [-0.2, 0) is 11.2 Å². The fraction of sp³-hybridized carbons (Fsp3) is 0.200. The Morgan fingerprint density at radius 2 is 2.15 bits per heavy atom. The van der Waals surface area contributed by atoms with Gasteiger partial charge < -0.3 is 9.97 Å². The number of hydrogen-bond acceptors (Lipinski definition) is 2. The third-order valence-corrected chi connectivity index (χ3v) is 3.28. The number of amides is 1. The van der Waals surface area contributed by atoms with Crippen LogP contribution in [0.25, 0.3) is 10.9 Å². The second kappa shape index (κ2) is 5.61. The van der Waals surface area contributed by atoms with Crippen LogP contribution in [0.3, 0.4) is 0 Å². The number of para-hydroxylation sites is 1. The Balaban J connectivity index is 1.53. The summed E-state index contributed by atoms with van der Waals surface area (Å²) in [4.78, 5) is 21.8. The lowest BCUT2D eigenvalue weighted by Gasteiger charge is -2.02. The van der Waals surface area contributed by atoms with Crippen molar-refractivity contribution >= 4 is 22.8 Å². The Morgan fingerprint density at radius 1 is 1.25 bits per heavy atom. The summed E-state index contributed by atoms with van der Waals surface area (Å²) < 4.78 is 0. The predicted molar refractivity (Wildman–Crippen MR) is 78.5 cm³/mol. The van der Waals surface area contributed by atoms with E-state index in [1.165, 1.54) is 10.9 Å². The van der Waals surface area contributed by atoms with Crippen molar-refractivity contribution in [3.63, 3.8) is 0 Å². The number of H-pyrrole nitrogens is 2. The molecule has 0 fully saturated rings. The number of aromatic nitrogens is 3. The van der Waals surface area contributed by atoms with Crippen molar-refractivity contribution in [2.24, 2.45) is 0 Å². The molecular weight excluding hydrogens is 252 g/mol. The first kappa shape index (κ1) is 12.5. The van der Waals surface area contributed by atoms with Crippen molar-refractivity contribution < 1.29 is 4.79 Å². The van der Waals surface area contributed by atoms with Crippen LogP contribution in [0.2, 0.25) is 0 Å². The van der Waals surface area contributed by atoms with E-state index < -0.39 is 0 Å². The van der Waals surface area contributed by atoms with Gasteiger partial charge in [0.05, 0.1) is 0 Å². The summed E-state index contributed by atoms with van der Waals surface area (Å²) in [5, 5.41) is 3.96. The van der Waals surface area contributed by atoms with Crippen LogP contribution < -0.4 is 5.32 Å². The molecule has 0 saturated heterocycles. The fourth-order valence-corrected chi connectivity index (χ4v) is 2.31. The lowest BCUT2D eigenvalue weighted by Crippen LogP contribution is -2.12. The van der Waals surface area contributed by atoms with Crippen LogP contribution in [0.4, 0.5) is 5.95 Å². The number of imidazole rings is 1. The smallest absolute Gasteiger partial charge is 0.226 e. The van der Waals surface area contributed by atoms with E-state index in [1.54, 1.807) is 12.4 Å². The molecule has 0 aliphatic carbocycles. The van der Waals surface area contributed by atoms with Gasteiger partial charge in [-0.1, -0.05) is 18.2 Å². The van der Waals surface area contributed by atoms with Gasteiger partial charge in [-0.2, -0.15) is 0 Å². The minimum atomic E-state index is -0.0141. The van der Waals surface area contributed by atoms with Gasteiger partial charge >= 0.3 is 0 Å². The molecule has 2 aromatic heterocycles. The molecule has 3 rings (SSSR count). The van der Waals surface area contributed by atoms with Gasteiger partial charge in [0.25, 0.3) is 0 Å². The van der Waals surface area contributed by atoms with E-state index in [1.807, 2.05) is 18.3 Å². The summed E-state index contributed by atoms with van der Waals surface area (Å²) in [5.41, 5.74) is 2.40. The average molecular weight is 268 g/mol. The van der Waals surface area contributed by atoms with Gasteiger partial charge in [0.15, 0.2) is 0 Å². The Labute approximate surface area is 116 Å². The second-order valence-electron chi connectivity index (χ2n) is 4.70. The van der Waals surface area contributed by atoms with Crippen LogP contribution in [-0.4, -0.2) is 20.9 Å². The number of aryl methyl sites for hydroxylation is 1. The largest absolute Gasteiger partial charge is 0.361 e. The van der Waals surface area contributed by atoms with Crippen LogP contribution in [0, 0.1) is 0 Å². The summed E-state index contributed by atoms with van der Waals surface area (Å²) >= 11 is 0. The molecule has 0 radical (unpaired) electrons. The molecule has 0 saturated carbocycles. The molecule has 1 aromatic carbocycles. The number of carbonyl (C=O) groups is 1. The van der Waals surface area contributed by atoms with Crippen LogP contribution in [0.15, 0.2) is 42.9 Å². The van der Waals surface area contributed by atoms with Crippen molar-refractivity contribution in [2.45, 2.75) is 19.3 Å². The number of hydrogen-bond donors (Lipinski definition) is 3. The SMILES string of the molecule is O=C(CCCc1c[nH]c2ccccc12)Nc1ncc[nH]1. The molecule has 3 aromatic rings. The van der Waals surface area contributed by atoms with Crippen molar-refractivity contribution in [3.8, 4) is 0 Å². The first-order valence-electron chi connectivity index (χ1n) is 6.67. The van der Waals surface area contributed by atoms with Gasteiger partial charge in [-0.05, 0) is 24.5 Å². The number of nitrogens with zero attached hydrogens (tertiary/aromatic N) is 1. The molecule has 2 heterocycles. The van der Waals surface area contributed by atoms with Crippen LogP contribution >= 0.6 is 0 Å². The highest BCUT2D eigenvalue weighted by molar-refractivity contribution is 5.89. The van der Waals surface area contributed by atoms with Crippen molar-refractivity contribution in [3.05, 3.63) is 48.4 Å². The number of aromatic amines is 2. The van der Waals surface area contributed by atoms with Crippen LogP contribution in [0.1, 0.15) is 18.4 Å². The lowest BCUT2D eigenvalue weighted by molar-refractivity contribution is -0.116. The van der Waals surface area contributed by atoms with E-state index >= 15 is 0 Å². The monoisotopic (exact) mass is 268 g/mol. The number of nitrogens with one attached hydrogen (secondary N) is 3. The molecule has 5 heteroatoms. The van der Waals surface area contributed by atoms with Gasteiger partial charge in [-0.25, -0.2) is 4.98 Å². The van der Waals surface area contributed by atoms with E-state index in [9.17, 15) is 4.79 Å². The number of carbonyl (C=O) groups excluding carboxylic acids is 1. The van der Waals surface area contributed by atoms with E-state index in [2.05, 4.69) is 32.4 Å². The fourth-order valence-electron chi connectivity index (χ4n) is 2.31. The zero-order valence-electron chi connectivity index (χ0n) is 11.0. The van der Waals surface area contributed by atoms with E-state index in [4.69, 9.17) is 0 Å². The highest BCUT2D eigenvalue weighted by Gasteiger charge is 2.06. The van der Waals surface area contributed by atoms with E-state index in [0.29, 0.717) is 12.4 Å². The summed E-state index contributed by atoms with van der Waals surface area (Å²) in [6.45, 7) is 0. The topological polar surface area (TPSA) is 73.6 Å². The Morgan fingerprint density at radius 3 is 3.00 bits per heavy atom. The summed E-state index contributed by atoms with van der Waals surface area (Å²) in [7, 11) is 0. The van der Waals surface area contributed by atoms with Crippen molar-refractivity contribution in [2.75, 3.05) is 5.32 Å². The minimum Gasteiger partial charge on any atom is -0.361 e. The summed E-state index contributed by atoms with van der Waals surface area (Å²) in [6, 6.07) is 8.20.